The molecule has 0 spiro atoms. The van der Waals surface area contributed by atoms with Crippen LogP contribution in [-0.4, -0.2) is 24.3 Å². The van der Waals surface area contributed by atoms with Crippen molar-refractivity contribution in [3.63, 3.8) is 0 Å². The highest BCUT2D eigenvalue weighted by Gasteiger charge is 2.34. The molecule has 0 aliphatic carbocycles. The molecular formula is C8H9F3N2O. The van der Waals surface area contributed by atoms with E-state index >= 15 is 0 Å². The number of nitrogens with one attached hydrogen (secondary N) is 1. The van der Waals surface area contributed by atoms with Crippen molar-refractivity contribution in [1.29, 1.82) is 0 Å². The summed E-state index contributed by atoms with van der Waals surface area (Å²) in [7, 11) is 0. The fourth-order valence-electron chi connectivity index (χ4n) is 1.07. The standard InChI is InChI=1S/C8H9F3N2O/c1-5(14)13-6-2-3-7(12-4-6)8(9,10)11/h3-4,6H,2H2,1H3,(H,13,14). The molecule has 0 aromatic carbocycles. The Labute approximate surface area is 78.7 Å². The molecule has 0 radical (unpaired) electrons. The van der Waals surface area contributed by atoms with E-state index in [2.05, 4.69) is 10.3 Å². The molecule has 1 aliphatic rings. The lowest BCUT2D eigenvalue weighted by molar-refractivity contribution is -0.119. The Morgan fingerprint density at radius 3 is 2.64 bits per heavy atom. The predicted octanol–water partition coefficient (Wildman–Crippen LogP) is 1.41. The minimum atomic E-state index is -4.41. The van der Waals surface area contributed by atoms with Crippen LogP contribution in [0.4, 0.5) is 13.2 Å². The van der Waals surface area contributed by atoms with Crippen LogP contribution in [0.2, 0.25) is 0 Å². The van der Waals surface area contributed by atoms with Crippen molar-refractivity contribution >= 4 is 12.1 Å². The monoisotopic (exact) mass is 206 g/mol. The second-order valence-corrected chi connectivity index (χ2v) is 2.91. The van der Waals surface area contributed by atoms with Gasteiger partial charge in [0.15, 0.2) is 0 Å². The van der Waals surface area contributed by atoms with Gasteiger partial charge in [-0.05, 0) is 6.42 Å². The number of rotatable bonds is 1. The van der Waals surface area contributed by atoms with Gasteiger partial charge in [0, 0.05) is 13.1 Å². The molecule has 1 amide bonds. The second-order valence-electron chi connectivity index (χ2n) is 2.91. The summed E-state index contributed by atoms with van der Waals surface area (Å²) in [6, 6.07) is -0.432. The number of halogens is 3. The van der Waals surface area contributed by atoms with E-state index in [0.717, 1.165) is 12.3 Å². The van der Waals surface area contributed by atoms with Crippen LogP contribution >= 0.6 is 0 Å². The molecule has 14 heavy (non-hydrogen) atoms. The van der Waals surface area contributed by atoms with E-state index in [1.165, 1.54) is 6.92 Å². The first-order chi connectivity index (χ1) is 6.39. The van der Waals surface area contributed by atoms with Gasteiger partial charge in [0.05, 0.1) is 6.04 Å². The van der Waals surface area contributed by atoms with E-state index in [0.29, 0.717) is 0 Å². The first-order valence-electron chi connectivity index (χ1n) is 3.98. The van der Waals surface area contributed by atoms with Gasteiger partial charge in [0.1, 0.15) is 5.70 Å². The second kappa shape index (κ2) is 3.81. The van der Waals surface area contributed by atoms with Gasteiger partial charge < -0.3 is 5.32 Å². The number of amides is 1. The van der Waals surface area contributed by atoms with Crippen molar-refractivity contribution in [2.45, 2.75) is 25.6 Å². The minimum absolute atomic E-state index is 0.123. The topological polar surface area (TPSA) is 41.5 Å². The molecule has 0 saturated carbocycles. The number of allylic oxidation sites excluding steroid dienone is 1. The van der Waals surface area contributed by atoms with E-state index in [-0.39, 0.29) is 12.3 Å². The van der Waals surface area contributed by atoms with Crippen LogP contribution in [-0.2, 0) is 4.79 Å². The molecule has 6 heteroatoms. The van der Waals surface area contributed by atoms with Gasteiger partial charge in [-0.1, -0.05) is 6.08 Å². The Bertz CT molecular complexity index is 293. The number of alkyl halides is 3. The highest BCUT2D eigenvalue weighted by Crippen LogP contribution is 2.28. The first kappa shape index (κ1) is 10.7. The lowest BCUT2D eigenvalue weighted by atomic mass is 10.1. The average molecular weight is 206 g/mol. The van der Waals surface area contributed by atoms with Crippen LogP contribution in [0.5, 0.6) is 0 Å². The lowest BCUT2D eigenvalue weighted by Crippen LogP contribution is -2.35. The quantitative estimate of drug-likeness (QED) is 0.692. The van der Waals surface area contributed by atoms with E-state index in [1.807, 2.05) is 0 Å². The van der Waals surface area contributed by atoms with Crippen molar-refractivity contribution < 1.29 is 18.0 Å². The van der Waals surface area contributed by atoms with Gasteiger partial charge in [-0.2, -0.15) is 13.2 Å². The molecule has 0 fully saturated rings. The van der Waals surface area contributed by atoms with Crippen molar-refractivity contribution in [2.75, 3.05) is 0 Å². The number of carbonyl (C=O) groups excluding carboxylic acids is 1. The number of carbonyl (C=O) groups is 1. The maximum Gasteiger partial charge on any atom is 0.432 e. The Morgan fingerprint density at radius 2 is 2.29 bits per heavy atom. The zero-order chi connectivity index (χ0) is 10.8. The molecule has 0 bridgehead atoms. The predicted molar refractivity (Wildman–Crippen MR) is 44.9 cm³/mol. The Kier molecular flexibility index (Phi) is 2.93. The summed E-state index contributed by atoms with van der Waals surface area (Å²) in [5.74, 6) is -0.287. The van der Waals surface area contributed by atoms with Crippen molar-refractivity contribution in [3.8, 4) is 0 Å². The molecule has 0 aromatic heterocycles. The largest absolute Gasteiger partial charge is 0.432 e. The first-order valence-corrected chi connectivity index (χ1v) is 3.98. The maximum absolute atomic E-state index is 12.1. The maximum atomic E-state index is 12.1. The van der Waals surface area contributed by atoms with Crippen molar-refractivity contribution in [2.24, 2.45) is 4.99 Å². The number of hydrogen-bond donors (Lipinski definition) is 1. The lowest BCUT2D eigenvalue weighted by Gasteiger charge is -2.17. The van der Waals surface area contributed by atoms with Gasteiger partial charge >= 0.3 is 6.18 Å². The third-order valence-electron chi connectivity index (χ3n) is 1.64. The minimum Gasteiger partial charge on any atom is -0.348 e. The zero-order valence-corrected chi connectivity index (χ0v) is 7.43. The molecule has 1 unspecified atom stereocenters. The summed E-state index contributed by atoms with van der Waals surface area (Å²) in [5, 5.41) is 2.45. The molecule has 78 valence electrons. The van der Waals surface area contributed by atoms with Crippen LogP contribution in [0.15, 0.2) is 16.8 Å². The summed E-state index contributed by atoms with van der Waals surface area (Å²) < 4.78 is 36.2. The van der Waals surface area contributed by atoms with Gasteiger partial charge in [-0.15, -0.1) is 0 Å². The van der Waals surface area contributed by atoms with E-state index < -0.39 is 17.9 Å². The summed E-state index contributed by atoms with van der Waals surface area (Å²) in [6.45, 7) is 1.30. The molecule has 1 aliphatic heterocycles. The van der Waals surface area contributed by atoms with E-state index in [9.17, 15) is 18.0 Å². The fourth-order valence-corrected chi connectivity index (χ4v) is 1.07. The smallest absolute Gasteiger partial charge is 0.348 e. The Morgan fingerprint density at radius 1 is 1.64 bits per heavy atom. The van der Waals surface area contributed by atoms with Crippen LogP contribution in [0.1, 0.15) is 13.3 Å². The average Bonchev–Trinajstić information content (AvgIpc) is 2.02. The molecule has 0 aromatic rings. The van der Waals surface area contributed by atoms with Gasteiger partial charge in [0.25, 0.3) is 0 Å². The molecule has 1 heterocycles. The molecular weight excluding hydrogens is 197 g/mol. The van der Waals surface area contributed by atoms with Gasteiger partial charge in [-0.25, -0.2) is 0 Å². The Balaban J connectivity index is 2.58. The van der Waals surface area contributed by atoms with Gasteiger partial charge in [0.2, 0.25) is 5.91 Å². The summed E-state index contributed by atoms with van der Waals surface area (Å²) >= 11 is 0. The number of aliphatic imine (C=N–C) groups is 1. The summed E-state index contributed by atoms with van der Waals surface area (Å²) in [5.41, 5.74) is -0.904. The van der Waals surface area contributed by atoms with Crippen LogP contribution < -0.4 is 5.32 Å². The molecule has 0 saturated heterocycles. The highest BCUT2D eigenvalue weighted by molar-refractivity contribution is 5.79. The summed E-state index contributed by atoms with van der Waals surface area (Å²) in [4.78, 5) is 13.8. The van der Waals surface area contributed by atoms with Crippen molar-refractivity contribution in [3.05, 3.63) is 11.8 Å². The van der Waals surface area contributed by atoms with Crippen LogP contribution in [0.3, 0.4) is 0 Å². The molecule has 3 nitrogen and oxygen atoms in total. The number of nitrogens with zero attached hydrogens (tertiary/aromatic N) is 1. The SMILES string of the molecule is CC(=O)NC1C=NC(C(F)(F)F)=CC1. The third kappa shape index (κ3) is 2.86. The zero-order valence-electron chi connectivity index (χ0n) is 7.43. The molecule has 1 N–H and O–H groups in total. The van der Waals surface area contributed by atoms with E-state index in [1.54, 1.807) is 0 Å². The van der Waals surface area contributed by atoms with Crippen LogP contribution in [0, 0.1) is 0 Å². The molecule has 1 atom stereocenters. The van der Waals surface area contributed by atoms with E-state index in [4.69, 9.17) is 0 Å². The van der Waals surface area contributed by atoms with Crippen LogP contribution in [0.25, 0.3) is 0 Å². The molecule has 1 rings (SSSR count). The highest BCUT2D eigenvalue weighted by atomic mass is 19.4. The Hall–Kier alpha value is -1.33. The normalized spacial score (nSPS) is 21.7. The third-order valence-corrected chi connectivity index (χ3v) is 1.64. The number of hydrogen-bond acceptors (Lipinski definition) is 2. The fraction of sp³-hybridized carbons (Fsp3) is 0.500. The van der Waals surface area contributed by atoms with Gasteiger partial charge in [-0.3, -0.25) is 9.79 Å². The summed E-state index contributed by atoms with van der Waals surface area (Å²) in [6.07, 6.45) is -2.21. The van der Waals surface area contributed by atoms with Crippen molar-refractivity contribution in [1.82, 2.24) is 5.32 Å².